The van der Waals surface area contributed by atoms with Gasteiger partial charge in [-0.3, -0.25) is 4.79 Å². The van der Waals surface area contributed by atoms with E-state index in [9.17, 15) is 4.79 Å². The number of nitrogens with one attached hydrogen (secondary N) is 1. The molecule has 3 nitrogen and oxygen atoms in total. The van der Waals surface area contributed by atoms with Crippen LogP contribution < -0.4 is 5.32 Å². The van der Waals surface area contributed by atoms with Crippen molar-refractivity contribution < 1.29 is 9.53 Å². The lowest BCUT2D eigenvalue weighted by molar-refractivity contribution is -0.120. The first-order valence-corrected chi connectivity index (χ1v) is 5.09. The van der Waals surface area contributed by atoms with Crippen LogP contribution in [0, 0.1) is 5.92 Å². The maximum atomic E-state index is 11.1. The van der Waals surface area contributed by atoms with Crippen LogP contribution in [0.15, 0.2) is 0 Å². The molecule has 0 radical (unpaired) electrons. The minimum atomic E-state index is 0.0114. The van der Waals surface area contributed by atoms with Crippen molar-refractivity contribution in [2.24, 2.45) is 5.92 Å². The van der Waals surface area contributed by atoms with E-state index in [0.29, 0.717) is 12.3 Å². The summed E-state index contributed by atoms with van der Waals surface area (Å²) in [5, 5.41) is 3.08. The molecule has 2 unspecified atom stereocenters. The first-order valence-electron chi connectivity index (χ1n) is 5.09. The normalized spacial score (nSPS) is 40.4. The van der Waals surface area contributed by atoms with Crippen LogP contribution in [-0.2, 0) is 9.53 Å². The second kappa shape index (κ2) is 3.29. The maximum absolute atomic E-state index is 11.1. The molecule has 2 aliphatic heterocycles. The Bertz CT molecular complexity index is 211. The fourth-order valence-corrected chi connectivity index (χ4v) is 2.37. The molecule has 0 aromatic heterocycles. The van der Waals surface area contributed by atoms with Gasteiger partial charge in [0, 0.05) is 24.5 Å². The summed E-state index contributed by atoms with van der Waals surface area (Å²) in [5.74, 6) is 0.723. The number of ether oxygens (including phenoxy) is 1. The van der Waals surface area contributed by atoms with Gasteiger partial charge >= 0.3 is 0 Å². The number of hydrogen-bond acceptors (Lipinski definition) is 2. The highest BCUT2D eigenvalue weighted by Gasteiger charge is 2.40. The third-order valence-corrected chi connectivity index (χ3v) is 3.36. The Morgan fingerprint density at radius 3 is 3.00 bits per heavy atom. The van der Waals surface area contributed by atoms with Crippen LogP contribution in [-0.4, -0.2) is 24.7 Å². The third-order valence-electron chi connectivity index (χ3n) is 3.36. The van der Waals surface area contributed by atoms with Crippen molar-refractivity contribution in [2.75, 3.05) is 13.2 Å². The van der Waals surface area contributed by atoms with Crippen LogP contribution in [0.1, 0.15) is 32.6 Å². The molecule has 2 atom stereocenters. The SMILES string of the molecule is CC1(C2CCCOC2)CCC(=O)N1. The molecule has 0 spiro atoms. The van der Waals surface area contributed by atoms with Gasteiger partial charge in [0.25, 0.3) is 0 Å². The first-order chi connectivity index (χ1) is 6.21. The van der Waals surface area contributed by atoms with Crippen LogP contribution in [0.2, 0.25) is 0 Å². The summed E-state index contributed by atoms with van der Waals surface area (Å²) in [5.41, 5.74) is 0.0114. The summed E-state index contributed by atoms with van der Waals surface area (Å²) >= 11 is 0. The average Bonchev–Trinajstić information content (AvgIpc) is 2.49. The van der Waals surface area contributed by atoms with E-state index in [2.05, 4.69) is 12.2 Å². The summed E-state index contributed by atoms with van der Waals surface area (Å²) in [6, 6.07) is 0. The fourth-order valence-electron chi connectivity index (χ4n) is 2.37. The number of hydrogen-bond donors (Lipinski definition) is 1. The molecular weight excluding hydrogens is 166 g/mol. The van der Waals surface area contributed by atoms with Gasteiger partial charge in [-0.1, -0.05) is 0 Å². The van der Waals surface area contributed by atoms with Crippen molar-refractivity contribution in [3.05, 3.63) is 0 Å². The monoisotopic (exact) mass is 183 g/mol. The van der Waals surface area contributed by atoms with Gasteiger partial charge in [-0.05, 0) is 26.2 Å². The molecule has 2 rings (SSSR count). The van der Waals surface area contributed by atoms with E-state index < -0.39 is 0 Å². The van der Waals surface area contributed by atoms with Crippen molar-refractivity contribution in [1.29, 1.82) is 0 Å². The second-order valence-electron chi connectivity index (χ2n) is 4.38. The van der Waals surface area contributed by atoms with Gasteiger partial charge in [-0.25, -0.2) is 0 Å². The van der Waals surface area contributed by atoms with E-state index in [1.165, 1.54) is 6.42 Å². The van der Waals surface area contributed by atoms with Crippen LogP contribution in [0.4, 0.5) is 0 Å². The van der Waals surface area contributed by atoms with E-state index in [1.807, 2.05) is 0 Å². The molecule has 0 bridgehead atoms. The Morgan fingerprint density at radius 2 is 2.46 bits per heavy atom. The van der Waals surface area contributed by atoms with E-state index in [1.54, 1.807) is 0 Å². The van der Waals surface area contributed by atoms with Crippen LogP contribution in [0.25, 0.3) is 0 Å². The molecule has 1 amide bonds. The molecule has 74 valence electrons. The molecule has 2 fully saturated rings. The van der Waals surface area contributed by atoms with E-state index in [4.69, 9.17) is 4.74 Å². The highest BCUT2D eigenvalue weighted by molar-refractivity contribution is 5.79. The van der Waals surface area contributed by atoms with Crippen LogP contribution >= 0.6 is 0 Å². The molecular formula is C10H17NO2. The van der Waals surface area contributed by atoms with Crippen molar-refractivity contribution in [2.45, 2.75) is 38.1 Å². The Labute approximate surface area is 78.8 Å². The predicted molar refractivity (Wildman–Crippen MR) is 49.3 cm³/mol. The Balaban J connectivity index is 2.01. The Kier molecular flexibility index (Phi) is 2.28. The van der Waals surface area contributed by atoms with Crippen molar-refractivity contribution in [3.8, 4) is 0 Å². The zero-order chi connectivity index (χ0) is 9.31. The highest BCUT2D eigenvalue weighted by atomic mass is 16.5. The molecule has 0 aromatic carbocycles. The number of carbonyl (C=O) groups is 1. The minimum absolute atomic E-state index is 0.0114. The molecule has 0 saturated carbocycles. The molecule has 0 aromatic rings. The number of amides is 1. The van der Waals surface area contributed by atoms with Crippen molar-refractivity contribution in [1.82, 2.24) is 5.32 Å². The lowest BCUT2D eigenvalue weighted by Gasteiger charge is -2.36. The zero-order valence-electron chi connectivity index (χ0n) is 8.14. The van der Waals surface area contributed by atoms with Crippen molar-refractivity contribution in [3.63, 3.8) is 0 Å². The Hall–Kier alpha value is -0.570. The molecule has 3 heteroatoms. The van der Waals surface area contributed by atoms with Gasteiger partial charge in [-0.2, -0.15) is 0 Å². The van der Waals surface area contributed by atoms with E-state index in [0.717, 1.165) is 26.1 Å². The minimum Gasteiger partial charge on any atom is -0.381 e. The van der Waals surface area contributed by atoms with Crippen LogP contribution in [0.3, 0.4) is 0 Å². The second-order valence-corrected chi connectivity index (χ2v) is 4.38. The van der Waals surface area contributed by atoms with Crippen LogP contribution in [0.5, 0.6) is 0 Å². The summed E-state index contributed by atoms with van der Waals surface area (Å²) in [6.45, 7) is 3.86. The molecule has 2 heterocycles. The lowest BCUT2D eigenvalue weighted by atomic mass is 9.81. The molecule has 13 heavy (non-hydrogen) atoms. The van der Waals surface area contributed by atoms with Gasteiger partial charge in [-0.15, -0.1) is 0 Å². The predicted octanol–water partition coefficient (Wildman–Crippen LogP) is 1.08. The fraction of sp³-hybridized carbons (Fsp3) is 0.900. The summed E-state index contributed by atoms with van der Waals surface area (Å²) in [4.78, 5) is 11.1. The van der Waals surface area contributed by atoms with Crippen molar-refractivity contribution >= 4 is 5.91 Å². The standard InChI is InChI=1S/C10H17NO2/c1-10(5-4-9(12)11-10)8-3-2-6-13-7-8/h8H,2-7H2,1H3,(H,11,12). The van der Waals surface area contributed by atoms with E-state index in [-0.39, 0.29) is 11.4 Å². The highest BCUT2D eigenvalue weighted by Crippen LogP contribution is 2.32. The summed E-state index contributed by atoms with van der Waals surface area (Å²) in [6.07, 6.45) is 3.99. The lowest BCUT2D eigenvalue weighted by Crippen LogP contribution is -2.48. The van der Waals surface area contributed by atoms with E-state index >= 15 is 0 Å². The van der Waals surface area contributed by atoms with Gasteiger partial charge in [0.05, 0.1) is 6.61 Å². The Morgan fingerprint density at radius 1 is 1.62 bits per heavy atom. The van der Waals surface area contributed by atoms with Gasteiger partial charge < -0.3 is 10.1 Å². The molecule has 2 aliphatic rings. The van der Waals surface area contributed by atoms with Gasteiger partial charge in [0.2, 0.25) is 5.91 Å². The topological polar surface area (TPSA) is 38.3 Å². The molecule has 2 saturated heterocycles. The van der Waals surface area contributed by atoms with Gasteiger partial charge in [0.15, 0.2) is 0 Å². The quantitative estimate of drug-likeness (QED) is 0.660. The third kappa shape index (κ3) is 1.70. The summed E-state index contributed by atoms with van der Waals surface area (Å²) < 4.78 is 5.44. The summed E-state index contributed by atoms with van der Waals surface area (Å²) in [7, 11) is 0. The zero-order valence-corrected chi connectivity index (χ0v) is 8.14. The molecule has 0 aliphatic carbocycles. The smallest absolute Gasteiger partial charge is 0.220 e. The largest absolute Gasteiger partial charge is 0.381 e. The maximum Gasteiger partial charge on any atom is 0.220 e. The van der Waals surface area contributed by atoms with Gasteiger partial charge in [0.1, 0.15) is 0 Å². The first kappa shape index (κ1) is 9.00. The number of rotatable bonds is 1. The number of carbonyl (C=O) groups excluding carboxylic acids is 1. The molecule has 1 N–H and O–H groups in total. The average molecular weight is 183 g/mol.